The lowest BCUT2D eigenvalue weighted by molar-refractivity contribution is -0.118. The zero-order valence-corrected chi connectivity index (χ0v) is 7.30. The first-order valence-electron chi connectivity index (χ1n) is 3.10. The molecule has 66 valence electrons. The smallest absolute Gasteiger partial charge is 0.411 e. The van der Waals surface area contributed by atoms with Crippen LogP contribution < -0.4 is 5.32 Å². The summed E-state index contributed by atoms with van der Waals surface area (Å²) in [4.78, 5) is 19.2. The number of carbonyl (C=O) groups is 2. The van der Waals surface area contributed by atoms with Crippen LogP contribution in [-0.4, -0.2) is 17.1 Å². The molecule has 4 nitrogen and oxygen atoms in total. The van der Waals surface area contributed by atoms with Crippen molar-refractivity contribution in [1.29, 1.82) is 0 Å². The van der Waals surface area contributed by atoms with Crippen LogP contribution in [0, 0.1) is 0 Å². The van der Waals surface area contributed by atoms with E-state index in [0.717, 1.165) is 6.92 Å². The Bertz CT molecular complexity index is 204. The Hall–Kier alpha value is -1.36. The van der Waals surface area contributed by atoms with Crippen molar-refractivity contribution in [3.8, 4) is 0 Å². The fourth-order valence-electron chi connectivity index (χ4n) is 0.377. The second-order valence-electron chi connectivity index (χ2n) is 1.78. The number of carboxylic acid groups (broad SMARTS) is 1. The molecule has 2 N–H and O–H groups in total. The molecule has 0 aromatic carbocycles. The molecule has 0 radical (unpaired) electrons. The van der Waals surface area contributed by atoms with Gasteiger partial charge >= 0.3 is 6.09 Å². The van der Waals surface area contributed by atoms with Crippen molar-refractivity contribution in [1.82, 2.24) is 5.32 Å². The summed E-state index contributed by atoms with van der Waals surface area (Å²) < 4.78 is 0. The number of amides is 2. The van der Waals surface area contributed by atoms with Crippen LogP contribution >= 0.6 is 11.3 Å². The van der Waals surface area contributed by atoms with Gasteiger partial charge in [-0.25, -0.2) is 4.79 Å². The molecule has 5 heteroatoms. The van der Waals surface area contributed by atoms with Gasteiger partial charge in [-0.15, -0.1) is 0 Å². The van der Waals surface area contributed by atoms with Crippen molar-refractivity contribution in [2.45, 2.75) is 6.92 Å². The largest absolute Gasteiger partial charge is 0.465 e. The number of nitrogens with one attached hydrogen (secondary N) is 1. The van der Waals surface area contributed by atoms with Gasteiger partial charge in [-0.05, 0) is 10.8 Å². The van der Waals surface area contributed by atoms with Gasteiger partial charge in [0.25, 0.3) is 0 Å². The molecule has 1 rings (SSSR count). The molecule has 0 bridgehead atoms. The molecule has 2 amide bonds. The summed E-state index contributed by atoms with van der Waals surface area (Å²) >= 11 is 1.71. The normalized spacial score (nSPS) is 7.75. The first-order valence-corrected chi connectivity index (χ1v) is 4.05. The molecule has 0 spiro atoms. The van der Waals surface area contributed by atoms with Gasteiger partial charge in [-0.3, -0.25) is 10.1 Å². The van der Waals surface area contributed by atoms with Crippen molar-refractivity contribution < 1.29 is 14.7 Å². The average molecular weight is 187 g/mol. The zero-order valence-electron chi connectivity index (χ0n) is 6.48. The van der Waals surface area contributed by atoms with Crippen molar-refractivity contribution in [3.05, 3.63) is 22.9 Å². The van der Waals surface area contributed by atoms with E-state index < -0.39 is 12.0 Å². The van der Waals surface area contributed by atoms with Crippen LogP contribution in [0.1, 0.15) is 6.92 Å². The Labute approximate surface area is 73.8 Å². The van der Waals surface area contributed by atoms with Crippen molar-refractivity contribution in [3.63, 3.8) is 0 Å². The minimum Gasteiger partial charge on any atom is -0.465 e. The number of thiophene rings is 1. The molecule has 0 unspecified atom stereocenters. The van der Waals surface area contributed by atoms with Gasteiger partial charge in [0.2, 0.25) is 5.91 Å². The minimum atomic E-state index is -1.31. The standard InChI is InChI=1S/C4H4S.C3H5NO3/c1-2-4-5-3-1;1-2(5)4-3(6)7/h1-4H;1H3,(H,4,5)(H,6,7). The predicted octanol–water partition coefficient (Wildman–Crippen LogP) is 1.55. The Morgan fingerprint density at radius 1 is 1.33 bits per heavy atom. The van der Waals surface area contributed by atoms with Gasteiger partial charge in [0.1, 0.15) is 0 Å². The highest BCUT2D eigenvalue weighted by Crippen LogP contribution is 1.91. The van der Waals surface area contributed by atoms with E-state index in [0.29, 0.717) is 0 Å². The maximum absolute atomic E-state index is 9.76. The molecular weight excluding hydrogens is 178 g/mol. The minimum absolute atomic E-state index is 0.562. The van der Waals surface area contributed by atoms with E-state index >= 15 is 0 Å². The van der Waals surface area contributed by atoms with Crippen LogP contribution in [-0.2, 0) is 4.79 Å². The topological polar surface area (TPSA) is 66.4 Å². The first kappa shape index (κ1) is 10.6. The Morgan fingerprint density at radius 2 is 1.83 bits per heavy atom. The first-order chi connectivity index (χ1) is 5.63. The summed E-state index contributed by atoms with van der Waals surface area (Å²) in [6.45, 7) is 1.13. The third-order valence-corrected chi connectivity index (χ3v) is 1.34. The number of carbonyl (C=O) groups excluding carboxylic acids is 1. The number of hydrogen-bond donors (Lipinski definition) is 2. The molecule has 0 atom stereocenters. The maximum atomic E-state index is 9.76. The second kappa shape index (κ2) is 6.36. The number of imide groups is 1. The molecule has 1 aromatic heterocycles. The summed E-state index contributed by atoms with van der Waals surface area (Å²) in [5.41, 5.74) is 0. The molecule has 1 heterocycles. The average Bonchev–Trinajstić information content (AvgIpc) is 2.36. The molecule has 1 aromatic rings. The molecule has 0 saturated heterocycles. The van der Waals surface area contributed by atoms with E-state index in [4.69, 9.17) is 5.11 Å². The molecule has 12 heavy (non-hydrogen) atoms. The van der Waals surface area contributed by atoms with E-state index in [2.05, 4.69) is 0 Å². The van der Waals surface area contributed by atoms with Crippen LogP contribution in [0.3, 0.4) is 0 Å². The lowest BCUT2D eigenvalue weighted by Gasteiger charge is -1.86. The van der Waals surface area contributed by atoms with E-state index in [-0.39, 0.29) is 0 Å². The molecule has 0 aliphatic heterocycles. The maximum Gasteiger partial charge on any atom is 0.411 e. The molecule has 0 aliphatic carbocycles. The lowest BCUT2D eigenvalue weighted by atomic mass is 10.7. The van der Waals surface area contributed by atoms with Crippen molar-refractivity contribution >= 4 is 23.3 Å². The fraction of sp³-hybridized carbons (Fsp3) is 0.143. The van der Waals surface area contributed by atoms with E-state index in [1.165, 1.54) is 0 Å². The highest BCUT2D eigenvalue weighted by atomic mass is 32.1. The highest BCUT2D eigenvalue weighted by molar-refractivity contribution is 7.07. The lowest BCUT2D eigenvalue weighted by Crippen LogP contribution is -2.25. The quantitative estimate of drug-likeness (QED) is 0.647. The van der Waals surface area contributed by atoms with Gasteiger partial charge in [0, 0.05) is 6.92 Å². The third kappa shape index (κ3) is 8.64. The molecule has 0 fully saturated rings. The summed E-state index contributed by atoms with van der Waals surface area (Å²) in [7, 11) is 0. The van der Waals surface area contributed by atoms with Gasteiger partial charge in [0.05, 0.1) is 0 Å². The van der Waals surface area contributed by atoms with Crippen LogP contribution in [0.5, 0.6) is 0 Å². The molecular formula is C7H9NO3S. The van der Waals surface area contributed by atoms with Crippen molar-refractivity contribution in [2.24, 2.45) is 0 Å². The fourth-order valence-corrected chi connectivity index (χ4v) is 0.831. The Balaban J connectivity index is 0.000000211. The zero-order chi connectivity index (χ0) is 9.40. The van der Waals surface area contributed by atoms with Crippen LogP contribution in [0.15, 0.2) is 22.9 Å². The van der Waals surface area contributed by atoms with E-state index in [9.17, 15) is 9.59 Å². The van der Waals surface area contributed by atoms with Crippen LogP contribution in [0.4, 0.5) is 4.79 Å². The van der Waals surface area contributed by atoms with Gasteiger partial charge < -0.3 is 5.11 Å². The van der Waals surface area contributed by atoms with Crippen LogP contribution in [0.25, 0.3) is 0 Å². The van der Waals surface area contributed by atoms with Gasteiger partial charge in [0.15, 0.2) is 0 Å². The summed E-state index contributed by atoms with van der Waals surface area (Å²) in [5.74, 6) is -0.562. The predicted molar refractivity (Wildman–Crippen MR) is 46.2 cm³/mol. The van der Waals surface area contributed by atoms with Crippen molar-refractivity contribution in [2.75, 3.05) is 0 Å². The van der Waals surface area contributed by atoms with Gasteiger partial charge in [-0.1, -0.05) is 12.1 Å². The number of rotatable bonds is 0. The summed E-state index contributed by atoms with van der Waals surface area (Å²) in [5, 5.41) is 13.4. The number of hydrogen-bond acceptors (Lipinski definition) is 3. The summed E-state index contributed by atoms with van der Waals surface area (Å²) in [6.07, 6.45) is -1.31. The van der Waals surface area contributed by atoms with E-state index in [1.54, 1.807) is 16.7 Å². The SMILES string of the molecule is CC(=O)NC(=O)O.c1ccsc1. The highest BCUT2D eigenvalue weighted by Gasteiger charge is 1.93. The van der Waals surface area contributed by atoms with Gasteiger partial charge in [-0.2, -0.15) is 11.3 Å². The van der Waals surface area contributed by atoms with Crippen LogP contribution in [0.2, 0.25) is 0 Å². The molecule has 0 saturated carbocycles. The monoisotopic (exact) mass is 187 g/mol. The third-order valence-electron chi connectivity index (χ3n) is 0.708. The molecule has 0 aliphatic rings. The Morgan fingerprint density at radius 3 is 1.92 bits per heavy atom. The summed E-state index contributed by atoms with van der Waals surface area (Å²) in [6, 6.07) is 4.04. The Kier molecular flexibility index (Phi) is 5.64. The van der Waals surface area contributed by atoms with E-state index in [1.807, 2.05) is 22.9 Å². The second-order valence-corrected chi connectivity index (χ2v) is 2.60.